The molecule has 1 nitrogen and oxygen atoms in total. The summed E-state index contributed by atoms with van der Waals surface area (Å²) in [5.74, 6) is 0. The molecule has 0 fully saturated rings. The molecular formula is C7H6OS. The summed E-state index contributed by atoms with van der Waals surface area (Å²) >= 11 is 1.19. The van der Waals surface area contributed by atoms with Crippen LogP contribution in [0.4, 0.5) is 0 Å². The van der Waals surface area contributed by atoms with Gasteiger partial charge in [0, 0.05) is 0 Å². The molecular weight excluding hydrogens is 132 g/mol. The van der Waals surface area contributed by atoms with Crippen LogP contribution in [0.2, 0.25) is 0 Å². The molecule has 0 amide bonds. The Morgan fingerprint density at radius 3 is 2.78 bits per heavy atom. The fourth-order valence-corrected chi connectivity index (χ4v) is 0.914. The zero-order chi connectivity index (χ0) is 6.53. The summed E-state index contributed by atoms with van der Waals surface area (Å²) in [6, 6.07) is 0. The summed E-state index contributed by atoms with van der Waals surface area (Å²) in [5.41, 5.74) is 0. The van der Waals surface area contributed by atoms with Crippen LogP contribution in [-0.2, 0) is 4.79 Å². The largest absolute Gasteiger partial charge is 0.282 e. The summed E-state index contributed by atoms with van der Waals surface area (Å²) in [6.45, 7) is 0. The number of allylic oxidation sites excluding steroid dienone is 4. The van der Waals surface area contributed by atoms with Crippen LogP contribution in [0.1, 0.15) is 0 Å². The van der Waals surface area contributed by atoms with Gasteiger partial charge in [-0.05, 0) is 11.5 Å². The SMILES string of the molecule is O=C1\C=C/C=C\C=C/S1. The molecule has 0 N–H and O–H groups in total. The Morgan fingerprint density at radius 2 is 1.89 bits per heavy atom. The molecule has 1 heterocycles. The second-order valence-electron chi connectivity index (χ2n) is 1.51. The number of carbonyl (C=O) groups excluding carboxylic acids is 1. The second-order valence-corrected chi connectivity index (χ2v) is 2.42. The van der Waals surface area contributed by atoms with Gasteiger partial charge in [0.25, 0.3) is 0 Å². The number of thioether (sulfide) groups is 1. The summed E-state index contributed by atoms with van der Waals surface area (Å²) < 4.78 is 0. The predicted molar refractivity (Wildman–Crippen MR) is 40.0 cm³/mol. The van der Waals surface area contributed by atoms with Gasteiger partial charge in [-0.15, -0.1) is 0 Å². The van der Waals surface area contributed by atoms with E-state index in [2.05, 4.69) is 0 Å². The maximum absolute atomic E-state index is 10.6. The van der Waals surface area contributed by atoms with Crippen molar-refractivity contribution in [1.29, 1.82) is 0 Å². The average Bonchev–Trinajstić information content (AvgIpc) is 1.79. The van der Waals surface area contributed by atoms with Crippen LogP contribution in [0, 0.1) is 0 Å². The Balaban J connectivity index is 2.70. The van der Waals surface area contributed by atoms with Gasteiger partial charge in [0.15, 0.2) is 0 Å². The minimum absolute atomic E-state index is 0.0793. The van der Waals surface area contributed by atoms with Gasteiger partial charge in [0.2, 0.25) is 5.12 Å². The molecule has 46 valence electrons. The summed E-state index contributed by atoms with van der Waals surface area (Å²) in [4.78, 5) is 10.6. The van der Waals surface area contributed by atoms with Gasteiger partial charge in [0.1, 0.15) is 0 Å². The average molecular weight is 138 g/mol. The highest BCUT2D eigenvalue weighted by atomic mass is 32.2. The molecule has 0 spiro atoms. The molecule has 2 heteroatoms. The van der Waals surface area contributed by atoms with Gasteiger partial charge >= 0.3 is 0 Å². The van der Waals surface area contributed by atoms with Crippen LogP contribution in [0.5, 0.6) is 0 Å². The number of carbonyl (C=O) groups is 1. The van der Waals surface area contributed by atoms with Gasteiger partial charge < -0.3 is 0 Å². The molecule has 0 saturated heterocycles. The first-order valence-electron chi connectivity index (χ1n) is 2.60. The Hall–Kier alpha value is -0.760. The first-order chi connectivity index (χ1) is 4.39. The lowest BCUT2D eigenvalue weighted by atomic mass is 10.4. The van der Waals surface area contributed by atoms with Crippen molar-refractivity contribution in [3.05, 3.63) is 35.8 Å². The molecule has 0 saturated carbocycles. The molecule has 0 aliphatic carbocycles. The van der Waals surface area contributed by atoms with Gasteiger partial charge in [0.05, 0.1) is 0 Å². The molecule has 0 unspecified atom stereocenters. The molecule has 0 aromatic rings. The topological polar surface area (TPSA) is 17.1 Å². The normalized spacial score (nSPS) is 28.2. The van der Waals surface area contributed by atoms with Crippen LogP contribution in [0.25, 0.3) is 0 Å². The van der Waals surface area contributed by atoms with Crippen molar-refractivity contribution in [2.75, 3.05) is 0 Å². The first-order valence-corrected chi connectivity index (χ1v) is 3.48. The van der Waals surface area contributed by atoms with E-state index in [9.17, 15) is 4.79 Å². The Morgan fingerprint density at radius 1 is 1.11 bits per heavy atom. The van der Waals surface area contributed by atoms with E-state index in [4.69, 9.17) is 0 Å². The molecule has 0 radical (unpaired) electrons. The molecule has 0 aromatic heterocycles. The van der Waals surface area contributed by atoms with Crippen molar-refractivity contribution in [2.45, 2.75) is 0 Å². The van der Waals surface area contributed by atoms with Crippen LogP contribution in [0.3, 0.4) is 0 Å². The monoisotopic (exact) mass is 138 g/mol. The highest BCUT2D eigenvalue weighted by Gasteiger charge is 1.90. The summed E-state index contributed by atoms with van der Waals surface area (Å²) in [5, 5.41) is 1.85. The zero-order valence-corrected chi connectivity index (χ0v) is 5.60. The van der Waals surface area contributed by atoms with E-state index in [0.717, 1.165) is 0 Å². The lowest BCUT2D eigenvalue weighted by Crippen LogP contribution is -1.80. The van der Waals surface area contributed by atoms with Crippen molar-refractivity contribution in [2.24, 2.45) is 0 Å². The fourth-order valence-electron chi connectivity index (χ4n) is 0.453. The van der Waals surface area contributed by atoms with Crippen molar-refractivity contribution in [3.8, 4) is 0 Å². The van der Waals surface area contributed by atoms with Gasteiger partial charge in [-0.25, -0.2) is 0 Å². The van der Waals surface area contributed by atoms with Gasteiger partial charge in [-0.1, -0.05) is 36.1 Å². The van der Waals surface area contributed by atoms with Crippen molar-refractivity contribution in [1.82, 2.24) is 0 Å². The van der Waals surface area contributed by atoms with Crippen LogP contribution in [0.15, 0.2) is 35.8 Å². The Labute approximate surface area is 58.1 Å². The Bertz CT molecular complexity index is 189. The lowest BCUT2D eigenvalue weighted by molar-refractivity contribution is -0.106. The molecule has 0 bridgehead atoms. The fraction of sp³-hybridized carbons (Fsp3) is 0. The van der Waals surface area contributed by atoms with E-state index in [1.807, 2.05) is 18.2 Å². The van der Waals surface area contributed by atoms with E-state index in [-0.39, 0.29) is 5.12 Å². The molecule has 0 aromatic carbocycles. The third-order valence-electron chi connectivity index (χ3n) is 0.828. The Kier molecular flexibility index (Phi) is 2.33. The summed E-state index contributed by atoms with van der Waals surface area (Å²) in [6.07, 6.45) is 8.83. The van der Waals surface area contributed by atoms with Crippen molar-refractivity contribution < 1.29 is 4.79 Å². The van der Waals surface area contributed by atoms with Crippen molar-refractivity contribution >= 4 is 16.9 Å². The van der Waals surface area contributed by atoms with E-state index in [0.29, 0.717) is 0 Å². The van der Waals surface area contributed by atoms with Crippen LogP contribution >= 0.6 is 11.8 Å². The molecule has 1 aliphatic heterocycles. The smallest absolute Gasteiger partial charge is 0.216 e. The zero-order valence-electron chi connectivity index (χ0n) is 4.78. The second kappa shape index (κ2) is 3.30. The highest BCUT2D eigenvalue weighted by molar-refractivity contribution is 8.16. The van der Waals surface area contributed by atoms with Gasteiger partial charge in [-0.2, -0.15) is 0 Å². The predicted octanol–water partition coefficient (Wildman–Crippen LogP) is 1.89. The lowest BCUT2D eigenvalue weighted by Gasteiger charge is -1.86. The van der Waals surface area contributed by atoms with E-state index in [1.165, 1.54) is 11.8 Å². The van der Waals surface area contributed by atoms with Gasteiger partial charge in [-0.3, -0.25) is 4.79 Å². The third-order valence-corrected chi connectivity index (χ3v) is 1.49. The van der Waals surface area contributed by atoms with E-state index < -0.39 is 0 Å². The number of rotatable bonds is 0. The highest BCUT2D eigenvalue weighted by Crippen LogP contribution is 2.06. The third kappa shape index (κ3) is 2.33. The standard InChI is InChI=1S/C7H6OS/c8-7-5-3-1-2-4-6-9-7/h1-6H/b2-1-,5-3-,6-4-. The quantitative estimate of drug-likeness (QED) is 0.508. The molecule has 1 rings (SSSR count). The minimum Gasteiger partial charge on any atom is -0.282 e. The molecule has 1 aliphatic rings. The molecule has 0 atom stereocenters. The number of hydrogen-bond donors (Lipinski definition) is 0. The molecule has 9 heavy (non-hydrogen) atoms. The minimum atomic E-state index is 0.0793. The maximum Gasteiger partial charge on any atom is 0.216 e. The van der Waals surface area contributed by atoms with Crippen molar-refractivity contribution in [3.63, 3.8) is 0 Å². The van der Waals surface area contributed by atoms with Crippen LogP contribution in [-0.4, -0.2) is 5.12 Å². The van der Waals surface area contributed by atoms with E-state index in [1.54, 1.807) is 17.6 Å². The first kappa shape index (κ1) is 6.36. The van der Waals surface area contributed by atoms with E-state index >= 15 is 0 Å². The summed E-state index contributed by atoms with van der Waals surface area (Å²) in [7, 11) is 0. The maximum atomic E-state index is 10.6. The number of hydrogen-bond acceptors (Lipinski definition) is 2. The van der Waals surface area contributed by atoms with Crippen LogP contribution < -0.4 is 0 Å².